The summed E-state index contributed by atoms with van der Waals surface area (Å²) in [5, 5.41) is 0. The Morgan fingerprint density at radius 3 is 2.24 bits per heavy atom. The van der Waals surface area contributed by atoms with Crippen LogP contribution in [0.5, 0.6) is 17.2 Å². The van der Waals surface area contributed by atoms with Gasteiger partial charge in [-0.15, -0.1) is 0 Å². The Morgan fingerprint density at radius 1 is 0.920 bits per heavy atom. The molecule has 0 aliphatic heterocycles. The molecule has 25 heavy (non-hydrogen) atoms. The second kappa shape index (κ2) is 7.92. The number of esters is 1. The van der Waals surface area contributed by atoms with Gasteiger partial charge in [0.2, 0.25) is 0 Å². The average Bonchev–Trinajstić information content (AvgIpc) is 2.58. The highest BCUT2D eigenvalue weighted by molar-refractivity contribution is 5.72. The Labute approximate surface area is 148 Å². The Kier molecular flexibility index (Phi) is 5.91. The molecule has 0 amide bonds. The van der Waals surface area contributed by atoms with Gasteiger partial charge in [0.05, 0.1) is 14.2 Å². The molecule has 0 aliphatic carbocycles. The first-order chi connectivity index (χ1) is 11.8. The van der Waals surface area contributed by atoms with Gasteiger partial charge in [0.1, 0.15) is 11.4 Å². The lowest BCUT2D eigenvalue weighted by atomic mass is 10.0. The first-order valence-electron chi connectivity index (χ1n) is 7.99. The van der Waals surface area contributed by atoms with E-state index < -0.39 is 11.6 Å². The molecule has 5 heteroatoms. The first-order valence-corrected chi connectivity index (χ1v) is 7.99. The maximum absolute atomic E-state index is 11.8. The van der Waals surface area contributed by atoms with Gasteiger partial charge in [0.15, 0.2) is 18.1 Å². The third-order valence-corrected chi connectivity index (χ3v) is 3.33. The lowest BCUT2D eigenvalue weighted by molar-refractivity contribution is -0.157. The van der Waals surface area contributed by atoms with Crippen molar-refractivity contribution < 1.29 is 23.7 Å². The Morgan fingerprint density at radius 2 is 1.60 bits per heavy atom. The van der Waals surface area contributed by atoms with E-state index in [2.05, 4.69) is 0 Å². The molecular formula is C20H24O5. The first kappa shape index (κ1) is 18.6. The van der Waals surface area contributed by atoms with E-state index in [1.807, 2.05) is 57.2 Å². The number of rotatable bonds is 6. The predicted octanol–water partition coefficient (Wildman–Crippen LogP) is 4.09. The highest BCUT2D eigenvalue weighted by Gasteiger charge is 2.16. The summed E-state index contributed by atoms with van der Waals surface area (Å²) < 4.78 is 21.4. The number of carbonyl (C=O) groups is 1. The van der Waals surface area contributed by atoms with Crippen molar-refractivity contribution in [3.8, 4) is 28.4 Å². The summed E-state index contributed by atoms with van der Waals surface area (Å²) in [4.78, 5) is 11.8. The molecule has 0 radical (unpaired) electrons. The summed E-state index contributed by atoms with van der Waals surface area (Å²) in [5.74, 6) is 1.52. The molecule has 0 spiro atoms. The summed E-state index contributed by atoms with van der Waals surface area (Å²) in [6.07, 6.45) is 0. The van der Waals surface area contributed by atoms with Gasteiger partial charge in [-0.05, 0) is 56.2 Å². The van der Waals surface area contributed by atoms with Gasteiger partial charge in [-0.2, -0.15) is 0 Å². The summed E-state index contributed by atoms with van der Waals surface area (Å²) in [6.45, 7) is 5.33. The van der Waals surface area contributed by atoms with Crippen molar-refractivity contribution in [2.45, 2.75) is 26.4 Å². The predicted molar refractivity (Wildman–Crippen MR) is 96.3 cm³/mol. The van der Waals surface area contributed by atoms with Crippen molar-refractivity contribution in [1.29, 1.82) is 0 Å². The molecule has 134 valence electrons. The van der Waals surface area contributed by atoms with Crippen molar-refractivity contribution in [2.24, 2.45) is 0 Å². The number of benzene rings is 2. The van der Waals surface area contributed by atoms with Crippen LogP contribution in [0.1, 0.15) is 20.8 Å². The summed E-state index contributed by atoms with van der Waals surface area (Å²) in [6, 6.07) is 13.2. The summed E-state index contributed by atoms with van der Waals surface area (Å²) in [7, 11) is 3.20. The number of hydrogen-bond acceptors (Lipinski definition) is 5. The minimum absolute atomic E-state index is 0.132. The molecule has 0 fully saturated rings. The van der Waals surface area contributed by atoms with E-state index in [1.54, 1.807) is 20.3 Å². The number of ether oxygens (including phenoxy) is 4. The van der Waals surface area contributed by atoms with E-state index in [9.17, 15) is 4.79 Å². The van der Waals surface area contributed by atoms with Gasteiger partial charge in [0.25, 0.3) is 0 Å². The molecule has 0 N–H and O–H groups in total. The van der Waals surface area contributed by atoms with E-state index in [1.165, 1.54) is 0 Å². The highest BCUT2D eigenvalue weighted by Crippen LogP contribution is 2.33. The zero-order valence-electron chi connectivity index (χ0n) is 15.3. The normalized spacial score (nSPS) is 10.9. The lowest BCUT2D eigenvalue weighted by Gasteiger charge is -2.19. The van der Waals surface area contributed by atoms with Gasteiger partial charge >= 0.3 is 5.97 Å². The van der Waals surface area contributed by atoms with Crippen LogP contribution in [0.3, 0.4) is 0 Å². The van der Waals surface area contributed by atoms with Crippen LogP contribution in [0.4, 0.5) is 0 Å². The zero-order chi connectivity index (χ0) is 18.4. The third-order valence-electron chi connectivity index (χ3n) is 3.33. The van der Waals surface area contributed by atoms with Gasteiger partial charge in [-0.1, -0.05) is 18.2 Å². The van der Waals surface area contributed by atoms with E-state index in [4.69, 9.17) is 18.9 Å². The van der Waals surface area contributed by atoms with Crippen LogP contribution in [0, 0.1) is 0 Å². The topological polar surface area (TPSA) is 54.0 Å². The molecule has 0 aliphatic rings. The van der Waals surface area contributed by atoms with Crippen LogP contribution >= 0.6 is 0 Å². The fraction of sp³-hybridized carbons (Fsp3) is 0.350. The molecule has 0 aromatic heterocycles. The minimum atomic E-state index is -0.526. The van der Waals surface area contributed by atoms with Crippen molar-refractivity contribution in [1.82, 2.24) is 0 Å². The van der Waals surface area contributed by atoms with Gasteiger partial charge in [-0.3, -0.25) is 0 Å². The molecule has 2 aromatic rings. The molecule has 0 saturated carbocycles. The van der Waals surface area contributed by atoms with Gasteiger partial charge in [0, 0.05) is 0 Å². The fourth-order valence-electron chi connectivity index (χ4n) is 2.29. The van der Waals surface area contributed by atoms with E-state index in [-0.39, 0.29) is 6.61 Å². The molecule has 0 bridgehead atoms. The number of methoxy groups -OCH3 is 2. The maximum atomic E-state index is 11.8. The van der Waals surface area contributed by atoms with Crippen molar-refractivity contribution in [3.63, 3.8) is 0 Å². The van der Waals surface area contributed by atoms with Crippen LogP contribution in [-0.4, -0.2) is 32.4 Å². The van der Waals surface area contributed by atoms with Crippen molar-refractivity contribution >= 4 is 5.97 Å². The average molecular weight is 344 g/mol. The monoisotopic (exact) mass is 344 g/mol. The zero-order valence-corrected chi connectivity index (χ0v) is 15.3. The number of carbonyl (C=O) groups excluding carboxylic acids is 1. The van der Waals surface area contributed by atoms with Crippen LogP contribution in [-0.2, 0) is 9.53 Å². The molecule has 0 atom stereocenters. The minimum Gasteiger partial charge on any atom is -0.493 e. The third kappa shape index (κ3) is 5.41. The van der Waals surface area contributed by atoms with Crippen LogP contribution in [0.15, 0.2) is 42.5 Å². The quantitative estimate of drug-likeness (QED) is 0.739. The van der Waals surface area contributed by atoms with Crippen molar-refractivity contribution in [2.75, 3.05) is 20.8 Å². The molecule has 0 heterocycles. The van der Waals surface area contributed by atoms with Crippen LogP contribution in [0.2, 0.25) is 0 Å². The molecule has 0 unspecified atom stereocenters. The molecular weight excluding hydrogens is 320 g/mol. The second-order valence-corrected chi connectivity index (χ2v) is 6.47. The Bertz CT molecular complexity index is 731. The second-order valence-electron chi connectivity index (χ2n) is 6.47. The van der Waals surface area contributed by atoms with Gasteiger partial charge < -0.3 is 18.9 Å². The lowest BCUT2D eigenvalue weighted by Crippen LogP contribution is -2.27. The molecule has 0 saturated heterocycles. The molecule has 2 aromatic carbocycles. The largest absolute Gasteiger partial charge is 0.493 e. The summed E-state index contributed by atoms with van der Waals surface area (Å²) >= 11 is 0. The van der Waals surface area contributed by atoms with Crippen LogP contribution < -0.4 is 14.2 Å². The van der Waals surface area contributed by atoms with E-state index in [0.29, 0.717) is 17.2 Å². The molecule has 5 nitrogen and oxygen atoms in total. The SMILES string of the molecule is COc1ccc(-c2cccc(OCC(=O)OC(C)(C)C)c2)cc1OC. The van der Waals surface area contributed by atoms with Crippen molar-refractivity contribution in [3.05, 3.63) is 42.5 Å². The fourth-order valence-corrected chi connectivity index (χ4v) is 2.29. The smallest absolute Gasteiger partial charge is 0.344 e. The number of hydrogen-bond donors (Lipinski definition) is 0. The molecule has 2 rings (SSSR count). The van der Waals surface area contributed by atoms with E-state index in [0.717, 1.165) is 11.1 Å². The van der Waals surface area contributed by atoms with Gasteiger partial charge in [-0.25, -0.2) is 4.79 Å². The van der Waals surface area contributed by atoms with Crippen LogP contribution in [0.25, 0.3) is 11.1 Å². The Balaban J connectivity index is 2.12. The van der Waals surface area contributed by atoms with E-state index >= 15 is 0 Å². The summed E-state index contributed by atoms with van der Waals surface area (Å²) in [5.41, 5.74) is 1.38. The maximum Gasteiger partial charge on any atom is 0.344 e. The Hall–Kier alpha value is -2.69. The standard InChI is InChI=1S/C20H24O5/c1-20(2,3)25-19(21)13-24-16-8-6-7-14(11-16)15-9-10-17(22-4)18(12-15)23-5/h6-12H,13H2,1-5H3. The highest BCUT2D eigenvalue weighted by atomic mass is 16.6.